The van der Waals surface area contributed by atoms with Gasteiger partial charge in [-0.3, -0.25) is 0 Å². The van der Waals surface area contributed by atoms with Gasteiger partial charge < -0.3 is 10.1 Å². The molecule has 1 saturated heterocycles. The van der Waals surface area contributed by atoms with Crippen LogP contribution >= 0.6 is 12.4 Å². The van der Waals surface area contributed by atoms with E-state index in [1.165, 1.54) is 28.6 Å². The first-order valence-electron chi connectivity index (χ1n) is 6.64. The van der Waals surface area contributed by atoms with E-state index >= 15 is 0 Å². The van der Waals surface area contributed by atoms with Gasteiger partial charge in [0, 0.05) is 25.7 Å². The second-order valence-corrected chi connectivity index (χ2v) is 6.83. The van der Waals surface area contributed by atoms with Gasteiger partial charge in [-0.25, -0.2) is 17.2 Å². The molecule has 0 radical (unpaired) electrons. The molecule has 0 spiro atoms. The Hall–Kier alpha value is -0.960. The first-order valence-corrected chi connectivity index (χ1v) is 8.08. The van der Waals surface area contributed by atoms with Crippen molar-refractivity contribution in [1.29, 1.82) is 0 Å². The van der Waals surface area contributed by atoms with Crippen LogP contribution in [0.2, 0.25) is 0 Å². The van der Waals surface area contributed by atoms with E-state index in [1.54, 1.807) is 0 Å². The molecular formula is C13H19ClF2N2O3S. The summed E-state index contributed by atoms with van der Waals surface area (Å²) in [5.74, 6) is 0.225. The molecule has 1 aromatic carbocycles. The van der Waals surface area contributed by atoms with Crippen LogP contribution in [0.1, 0.15) is 6.92 Å². The van der Waals surface area contributed by atoms with E-state index in [9.17, 15) is 17.2 Å². The van der Waals surface area contributed by atoms with Crippen molar-refractivity contribution in [2.75, 3.05) is 26.2 Å². The number of nitrogens with zero attached hydrogens (tertiary/aromatic N) is 1. The lowest BCUT2D eigenvalue weighted by Gasteiger charge is -2.31. The highest BCUT2D eigenvalue weighted by molar-refractivity contribution is 7.89. The van der Waals surface area contributed by atoms with Crippen LogP contribution in [0.15, 0.2) is 29.2 Å². The molecule has 5 nitrogen and oxygen atoms in total. The summed E-state index contributed by atoms with van der Waals surface area (Å²) in [6.07, 6.45) is -2.56. The molecule has 1 aliphatic rings. The first-order chi connectivity index (χ1) is 9.89. The average Bonchev–Trinajstić information content (AvgIpc) is 2.45. The molecule has 1 aliphatic heterocycles. The number of benzene rings is 1. The average molecular weight is 357 g/mol. The summed E-state index contributed by atoms with van der Waals surface area (Å²) in [6, 6.07) is 5.63. The number of halogens is 3. The van der Waals surface area contributed by atoms with E-state index in [1.807, 2.05) is 6.92 Å². The zero-order valence-electron chi connectivity index (χ0n) is 12.0. The fraction of sp³-hybridized carbons (Fsp3) is 0.538. The minimum atomic E-state index is -3.55. The highest BCUT2D eigenvalue weighted by Crippen LogP contribution is 2.21. The Bertz CT molecular complexity index is 569. The topological polar surface area (TPSA) is 58.6 Å². The smallest absolute Gasteiger partial charge is 0.272 e. The van der Waals surface area contributed by atoms with Crippen molar-refractivity contribution in [3.63, 3.8) is 0 Å². The zero-order chi connectivity index (χ0) is 15.5. The highest BCUT2D eigenvalue weighted by Gasteiger charge is 2.28. The first kappa shape index (κ1) is 19.1. The molecule has 1 heterocycles. The summed E-state index contributed by atoms with van der Waals surface area (Å²) in [6.45, 7) is 2.64. The van der Waals surface area contributed by atoms with Crippen molar-refractivity contribution in [1.82, 2.24) is 9.62 Å². The predicted octanol–water partition coefficient (Wildman–Crippen LogP) is 1.73. The Labute approximate surface area is 135 Å². The zero-order valence-corrected chi connectivity index (χ0v) is 13.7. The summed E-state index contributed by atoms with van der Waals surface area (Å²) in [5, 5.41) is 3.17. The Kier molecular flexibility index (Phi) is 6.98. The van der Waals surface area contributed by atoms with E-state index in [-0.39, 0.29) is 29.1 Å². The van der Waals surface area contributed by atoms with Gasteiger partial charge in [0.15, 0.2) is 0 Å². The van der Waals surface area contributed by atoms with Crippen LogP contribution in [0.3, 0.4) is 0 Å². The molecule has 0 amide bonds. The lowest BCUT2D eigenvalue weighted by atomic mass is 10.3. The molecule has 0 saturated carbocycles. The molecule has 0 bridgehead atoms. The van der Waals surface area contributed by atoms with Gasteiger partial charge in [-0.1, -0.05) is 0 Å². The normalized spacial score (nSPS) is 19.7. The van der Waals surface area contributed by atoms with Crippen molar-refractivity contribution < 1.29 is 21.9 Å². The number of sulfonamides is 1. The summed E-state index contributed by atoms with van der Waals surface area (Å²) in [5.41, 5.74) is 0. The van der Waals surface area contributed by atoms with Gasteiger partial charge in [0.25, 0.3) is 6.43 Å². The fourth-order valence-electron chi connectivity index (χ4n) is 2.13. The van der Waals surface area contributed by atoms with E-state index in [0.29, 0.717) is 19.6 Å². The summed E-state index contributed by atoms with van der Waals surface area (Å²) in [7, 11) is -3.55. The van der Waals surface area contributed by atoms with E-state index in [4.69, 9.17) is 4.74 Å². The molecule has 0 aromatic heterocycles. The summed E-state index contributed by atoms with van der Waals surface area (Å²) < 4.78 is 55.2. The van der Waals surface area contributed by atoms with Crippen LogP contribution in [0.4, 0.5) is 8.78 Å². The van der Waals surface area contributed by atoms with E-state index in [0.717, 1.165) is 0 Å². The molecule has 2 rings (SSSR count). The molecule has 126 valence electrons. The fourth-order valence-corrected chi connectivity index (χ4v) is 3.66. The third-order valence-corrected chi connectivity index (χ3v) is 5.05. The predicted molar refractivity (Wildman–Crippen MR) is 81.4 cm³/mol. The summed E-state index contributed by atoms with van der Waals surface area (Å²) in [4.78, 5) is 0.140. The Morgan fingerprint density at radius 1 is 1.36 bits per heavy atom. The number of hydrogen-bond acceptors (Lipinski definition) is 4. The van der Waals surface area contributed by atoms with Crippen LogP contribution in [0.25, 0.3) is 0 Å². The number of nitrogens with one attached hydrogen (secondary N) is 1. The number of alkyl halides is 2. The van der Waals surface area contributed by atoms with Gasteiger partial charge in [0.1, 0.15) is 12.4 Å². The van der Waals surface area contributed by atoms with Crippen LogP contribution in [-0.4, -0.2) is 51.4 Å². The maximum Gasteiger partial charge on any atom is 0.272 e. The third-order valence-electron chi connectivity index (χ3n) is 3.17. The maximum atomic E-state index is 12.4. The van der Waals surface area contributed by atoms with Crippen LogP contribution in [0.5, 0.6) is 5.75 Å². The third kappa shape index (κ3) is 4.77. The Balaban J connectivity index is 0.00000242. The van der Waals surface area contributed by atoms with Crippen LogP contribution < -0.4 is 10.1 Å². The van der Waals surface area contributed by atoms with Crippen LogP contribution in [0, 0.1) is 0 Å². The molecule has 1 fully saturated rings. The molecule has 1 aromatic rings. The molecule has 22 heavy (non-hydrogen) atoms. The number of piperazine rings is 1. The molecule has 1 atom stereocenters. The van der Waals surface area contributed by atoms with Crippen LogP contribution in [-0.2, 0) is 10.0 Å². The largest absolute Gasteiger partial charge is 0.488 e. The Morgan fingerprint density at radius 3 is 2.55 bits per heavy atom. The maximum absolute atomic E-state index is 12.4. The van der Waals surface area contributed by atoms with Gasteiger partial charge in [0.2, 0.25) is 10.0 Å². The minimum absolute atomic E-state index is 0. The van der Waals surface area contributed by atoms with Gasteiger partial charge >= 0.3 is 0 Å². The van der Waals surface area contributed by atoms with Gasteiger partial charge in [-0.2, -0.15) is 4.31 Å². The number of hydrogen-bond donors (Lipinski definition) is 1. The van der Waals surface area contributed by atoms with Crippen molar-refractivity contribution in [3.8, 4) is 5.75 Å². The van der Waals surface area contributed by atoms with Crippen molar-refractivity contribution in [2.45, 2.75) is 24.3 Å². The van der Waals surface area contributed by atoms with Crippen molar-refractivity contribution in [3.05, 3.63) is 24.3 Å². The Morgan fingerprint density at radius 2 is 2.00 bits per heavy atom. The van der Waals surface area contributed by atoms with Gasteiger partial charge in [-0.05, 0) is 31.2 Å². The molecule has 1 unspecified atom stereocenters. The lowest BCUT2D eigenvalue weighted by molar-refractivity contribution is 0.0819. The van der Waals surface area contributed by atoms with E-state index < -0.39 is 23.1 Å². The molecule has 9 heteroatoms. The highest BCUT2D eigenvalue weighted by atomic mass is 35.5. The minimum Gasteiger partial charge on any atom is -0.488 e. The quantitative estimate of drug-likeness (QED) is 0.873. The number of rotatable bonds is 5. The standard InChI is InChI=1S/C13H18F2N2O3S.ClH/c1-10-8-17(7-6-16-10)21(18,19)12-4-2-11(3-5-12)20-9-13(14)15;/h2-5,10,13,16H,6-9H2,1H3;1H. The number of ether oxygens (including phenoxy) is 1. The molecule has 1 N–H and O–H groups in total. The molecule has 0 aliphatic carbocycles. The lowest BCUT2D eigenvalue weighted by Crippen LogP contribution is -2.51. The van der Waals surface area contributed by atoms with Crippen molar-refractivity contribution >= 4 is 22.4 Å². The second kappa shape index (κ2) is 8.05. The van der Waals surface area contributed by atoms with Gasteiger partial charge in [-0.15, -0.1) is 12.4 Å². The van der Waals surface area contributed by atoms with Crippen molar-refractivity contribution in [2.24, 2.45) is 0 Å². The monoisotopic (exact) mass is 356 g/mol. The molecular weight excluding hydrogens is 338 g/mol. The van der Waals surface area contributed by atoms with E-state index in [2.05, 4.69) is 5.32 Å². The summed E-state index contributed by atoms with van der Waals surface area (Å²) >= 11 is 0. The van der Waals surface area contributed by atoms with Gasteiger partial charge in [0.05, 0.1) is 4.90 Å². The second-order valence-electron chi connectivity index (χ2n) is 4.89. The SMILES string of the molecule is CC1CN(S(=O)(=O)c2ccc(OCC(F)F)cc2)CCN1.Cl.